The van der Waals surface area contributed by atoms with Gasteiger partial charge in [-0.3, -0.25) is 0 Å². The van der Waals surface area contributed by atoms with Gasteiger partial charge >= 0.3 is 0 Å². The molecule has 0 aliphatic heterocycles. The van der Waals surface area contributed by atoms with Gasteiger partial charge in [-0.1, -0.05) is 17.3 Å². The third-order valence-electron chi connectivity index (χ3n) is 2.98. The summed E-state index contributed by atoms with van der Waals surface area (Å²) in [6.45, 7) is 2.08. The maximum atomic E-state index is 5.23. The molecule has 0 aliphatic carbocycles. The van der Waals surface area contributed by atoms with Crippen LogP contribution in [0.25, 0.3) is 0 Å². The lowest BCUT2D eigenvalue weighted by atomic mass is 10.1. The first-order chi connectivity index (χ1) is 9.21. The third-order valence-corrected chi connectivity index (χ3v) is 2.98. The molecule has 2 rings (SSSR count). The highest BCUT2D eigenvalue weighted by Crippen LogP contribution is 2.15. The summed E-state index contributed by atoms with van der Waals surface area (Å²) >= 11 is 0. The largest absolute Gasteiger partial charge is 0.497 e. The second kappa shape index (κ2) is 6.33. The fourth-order valence-electron chi connectivity index (χ4n) is 1.77. The van der Waals surface area contributed by atoms with Crippen LogP contribution in [0.1, 0.15) is 24.2 Å². The lowest BCUT2D eigenvalue weighted by molar-refractivity contribution is 0.361. The number of rotatable bonds is 6. The van der Waals surface area contributed by atoms with E-state index in [1.807, 2.05) is 31.3 Å². The van der Waals surface area contributed by atoms with Gasteiger partial charge in [0.15, 0.2) is 5.82 Å². The van der Waals surface area contributed by atoms with Crippen molar-refractivity contribution in [3.63, 3.8) is 0 Å². The number of benzene rings is 1. The van der Waals surface area contributed by atoms with Crippen molar-refractivity contribution in [3.05, 3.63) is 41.5 Å². The van der Waals surface area contributed by atoms with E-state index in [0.29, 0.717) is 24.2 Å². The summed E-state index contributed by atoms with van der Waals surface area (Å²) in [6.07, 6.45) is 1.39. The average molecular weight is 261 g/mol. The number of likely N-dealkylation sites (N-methyl/N-ethyl adjacent to an activating group) is 1. The molecule has 1 aromatic carbocycles. The van der Waals surface area contributed by atoms with Gasteiger partial charge in [0, 0.05) is 18.9 Å². The van der Waals surface area contributed by atoms with Gasteiger partial charge in [0.1, 0.15) is 5.75 Å². The van der Waals surface area contributed by atoms with E-state index in [4.69, 9.17) is 9.26 Å². The Hall–Kier alpha value is -1.88. The van der Waals surface area contributed by atoms with Gasteiger partial charge in [-0.25, -0.2) is 0 Å². The van der Waals surface area contributed by atoms with E-state index in [0.717, 1.165) is 17.7 Å². The number of ether oxygens (including phenoxy) is 1. The number of hydrogen-bond acceptors (Lipinski definition) is 5. The second-order valence-electron chi connectivity index (χ2n) is 4.53. The van der Waals surface area contributed by atoms with Crippen LogP contribution in [0.5, 0.6) is 5.75 Å². The molecule has 1 unspecified atom stereocenters. The van der Waals surface area contributed by atoms with Gasteiger partial charge in [-0.05, 0) is 31.7 Å². The summed E-state index contributed by atoms with van der Waals surface area (Å²) in [4.78, 5) is 4.39. The van der Waals surface area contributed by atoms with Gasteiger partial charge in [-0.15, -0.1) is 0 Å². The molecule has 0 saturated carbocycles. The van der Waals surface area contributed by atoms with Gasteiger partial charge < -0.3 is 14.6 Å². The highest BCUT2D eigenvalue weighted by Gasteiger charge is 2.10. The van der Waals surface area contributed by atoms with Gasteiger partial charge in [0.25, 0.3) is 0 Å². The Bertz CT molecular complexity index is 525. The van der Waals surface area contributed by atoms with E-state index in [2.05, 4.69) is 22.4 Å². The van der Waals surface area contributed by atoms with E-state index >= 15 is 0 Å². The van der Waals surface area contributed by atoms with Crippen molar-refractivity contribution in [2.75, 3.05) is 14.2 Å². The first-order valence-electron chi connectivity index (χ1n) is 6.33. The lowest BCUT2D eigenvalue weighted by Gasteiger charge is -2.04. The number of methoxy groups -OCH3 is 1. The predicted molar refractivity (Wildman–Crippen MR) is 72.3 cm³/mol. The van der Waals surface area contributed by atoms with Crippen molar-refractivity contribution >= 4 is 0 Å². The van der Waals surface area contributed by atoms with Gasteiger partial charge in [0.2, 0.25) is 5.89 Å². The Balaban J connectivity index is 2.02. The molecular formula is C14H19N3O2. The molecule has 0 fully saturated rings. The molecule has 0 amide bonds. The molecule has 19 heavy (non-hydrogen) atoms. The first-order valence-corrected chi connectivity index (χ1v) is 6.33. The molecule has 5 nitrogen and oxygen atoms in total. The van der Waals surface area contributed by atoms with E-state index in [1.165, 1.54) is 0 Å². The molecule has 0 saturated heterocycles. The third kappa shape index (κ3) is 3.79. The number of hydrogen-bond donors (Lipinski definition) is 1. The minimum absolute atomic E-state index is 0.324. The van der Waals surface area contributed by atoms with Crippen molar-refractivity contribution in [1.82, 2.24) is 15.5 Å². The normalized spacial score (nSPS) is 12.4. The average Bonchev–Trinajstić information content (AvgIpc) is 2.86. The summed E-state index contributed by atoms with van der Waals surface area (Å²) in [7, 11) is 3.57. The predicted octanol–water partition coefficient (Wildman–Crippen LogP) is 1.82. The van der Waals surface area contributed by atoms with Crippen LogP contribution in [0, 0.1) is 0 Å². The molecule has 5 heteroatoms. The Labute approximate surface area is 113 Å². The number of nitrogens with one attached hydrogen (secondary N) is 1. The van der Waals surface area contributed by atoms with Crippen LogP contribution in [0.2, 0.25) is 0 Å². The molecule has 1 atom stereocenters. The van der Waals surface area contributed by atoms with E-state index in [-0.39, 0.29) is 0 Å². The molecule has 1 aromatic heterocycles. The van der Waals surface area contributed by atoms with Crippen LogP contribution in [-0.4, -0.2) is 30.3 Å². The summed E-state index contributed by atoms with van der Waals surface area (Å²) in [5.74, 6) is 2.20. The Morgan fingerprint density at radius 3 is 3.00 bits per heavy atom. The molecule has 0 radical (unpaired) electrons. The zero-order chi connectivity index (χ0) is 13.7. The minimum Gasteiger partial charge on any atom is -0.497 e. The minimum atomic E-state index is 0.324. The van der Waals surface area contributed by atoms with Crippen LogP contribution >= 0.6 is 0 Å². The zero-order valence-corrected chi connectivity index (χ0v) is 11.5. The maximum Gasteiger partial charge on any atom is 0.228 e. The van der Waals surface area contributed by atoms with Crippen LogP contribution in [0.3, 0.4) is 0 Å². The summed E-state index contributed by atoms with van der Waals surface area (Å²) in [5.41, 5.74) is 1.10. The highest BCUT2D eigenvalue weighted by atomic mass is 16.5. The van der Waals surface area contributed by atoms with Gasteiger partial charge in [0.05, 0.1) is 7.11 Å². The maximum absolute atomic E-state index is 5.23. The second-order valence-corrected chi connectivity index (χ2v) is 4.53. The molecule has 0 spiro atoms. The topological polar surface area (TPSA) is 60.2 Å². The Morgan fingerprint density at radius 1 is 1.42 bits per heavy atom. The Kier molecular flexibility index (Phi) is 4.52. The molecule has 0 bridgehead atoms. The van der Waals surface area contributed by atoms with Crippen LogP contribution in [0.4, 0.5) is 0 Å². The summed E-state index contributed by atoms with van der Waals surface area (Å²) in [5, 5.41) is 7.14. The summed E-state index contributed by atoms with van der Waals surface area (Å²) in [6, 6.07) is 8.20. The number of nitrogens with zero attached hydrogens (tertiary/aromatic N) is 2. The van der Waals surface area contributed by atoms with Crippen LogP contribution < -0.4 is 10.1 Å². The van der Waals surface area contributed by atoms with Crippen molar-refractivity contribution in [1.29, 1.82) is 0 Å². The van der Waals surface area contributed by atoms with E-state index in [1.54, 1.807) is 7.11 Å². The van der Waals surface area contributed by atoms with Crippen LogP contribution in [-0.2, 0) is 12.8 Å². The highest BCUT2D eigenvalue weighted by molar-refractivity contribution is 5.30. The van der Waals surface area contributed by atoms with Crippen molar-refractivity contribution in [2.24, 2.45) is 0 Å². The van der Waals surface area contributed by atoms with E-state index < -0.39 is 0 Å². The molecule has 2 aromatic rings. The monoisotopic (exact) mass is 261 g/mol. The molecule has 0 aliphatic rings. The fraction of sp³-hybridized carbons (Fsp3) is 0.429. The standard InChI is InChI=1S/C14H19N3O2/c1-10(15-2)7-14-16-13(17-19-14)9-11-5-4-6-12(8-11)18-3/h4-6,8,10,15H,7,9H2,1-3H3. The van der Waals surface area contributed by atoms with Crippen LogP contribution in [0.15, 0.2) is 28.8 Å². The lowest BCUT2D eigenvalue weighted by Crippen LogP contribution is -2.23. The molecule has 102 valence electrons. The zero-order valence-electron chi connectivity index (χ0n) is 11.5. The molecule has 1 N–H and O–H groups in total. The smallest absolute Gasteiger partial charge is 0.228 e. The SMILES string of the molecule is CNC(C)Cc1nc(Cc2cccc(OC)c2)no1. The quantitative estimate of drug-likeness (QED) is 0.859. The molecular weight excluding hydrogens is 242 g/mol. The van der Waals surface area contributed by atoms with Crippen molar-refractivity contribution < 1.29 is 9.26 Å². The first kappa shape index (κ1) is 13.5. The van der Waals surface area contributed by atoms with Crippen molar-refractivity contribution in [3.8, 4) is 5.75 Å². The fourth-order valence-corrected chi connectivity index (χ4v) is 1.77. The number of aromatic nitrogens is 2. The van der Waals surface area contributed by atoms with E-state index in [9.17, 15) is 0 Å². The molecule has 1 heterocycles. The van der Waals surface area contributed by atoms with Gasteiger partial charge in [-0.2, -0.15) is 4.98 Å². The summed E-state index contributed by atoms with van der Waals surface area (Å²) < 4.78 is 10.4. The van der Waals surface area contributed by atoms with Crippen molar-refractivity contribution in [2.45, 2.75) is 25.8 Å². The Morgan fingerprint density at radius 2 is 2.26 bits per heavy atom.